The van der Waals surface area contributed by atoms with Crippen LogP contribution in [-0.4, -0.2) is 25.4 Å². The van der Waals surface area contributed by atoms with Gasteiger partial charge in [-0.1, -0.05) is 6.07 Å². The maximum absolute atomic E-state index is 9.27. The van der Waals surface area contributed by atoms with E-state index in [1.165, 1.54) is 0 Å². The highest BCUT2D eigenvalue weighted by Gasteiger charge is 1.99. The number of hydrogen-bond donors (Lipinski definition) is 2. The lowest BCUT2D eigenvalue weighted by molar-refractivity contribution is 0.00345. The van der Waals surface area contributed by atoms with E-state index in [0.29, 0.717) is 24.2 Å². The van der Waals surface area contributed by atoms with Crippen LogP contribution in [0.15, 0.2) is 22.7 Å². The van der Waals surface area contributed by atoms with E-state index in [4.69, 9.17) is 9.57 Å². The standard InChI is InChI=1S/C10H14BrNO3/c1-14-4-5-15-12-7-8-2-3-10(13)9(11)6-8/h2-3,6,12-13H,4-5,7H2,1H3. The van der Waals surface area contributed by atoms with Crippen LogP contribution in [0.4, 0.5) is 0 Å². The van der Waals surface area contributed by atoms with Crippen LogP contribution >= 0.6 is 15.9 Å². The Kier molecular flexibility index (Phi) is 5.63. The molecule has 4 nitrogen and oxygen atoms in total. The summed E-state index contributed by atoms with van der Waals surface area (Å²) in [6.07, 6.45) is 0. The molecule has 0 unspecified atom stereocenters. The van der Waals surface area contributed by atoms with Gasteiger partial charge in [-0.3, -0.25) is 4.84 Å². The molecule has 15 heavy (non-hydrogen) atoms. The van der Waals surface area contributed by atoms with Gasteiger partial charge < -0.3 is 9.84 Å². The number of phenolic OH excluding ortho intramolecular Hbond substituents is 1. The van der Waals surface area contributed by atoms with Crippen LogP contribution in [0.5, 0.6) is 5.75 Å². The molecule has 0 amide bonds. The predicted octanol–water partition coefficient (Wildman–Crippen LogP) is 1.82. The Bertz CT molecular complexity index is 307. The largest absolute Gasteiger partial charge is 0.507 e. The molecule has 0 aromatic heterocycles. The summed E-state index contributed by atoms with van der Waals surface area (Å²) in [6, 6.07) is 5.30. The van der Waals surface area contributed by atoms with Crippen molar-refractivity contribution in [3.8, 4) is 5.75 Å². The fourth-order valence-electron chi connectivity index (χ4n) is 0.992. The van der Waals surface area contributed by atoms with E-state index < -0.39 is 0 Å². The number of rotatable bonds is 6. The van der Waals surface area contributed by atoms with Crippen LogP contribution < -0.4 is 5.48 Å². The molecule has 0 spiro atoms. The molecule has 2 N–H and O–H groups in total. The van der Waals surface area contributed by atoms with Gasteiger partial charge >= 0.3 is 0 Å². The van der Waals surface area contributed by atoms with Gasteiger partial charge in [0.2, 0.25) is 0 Å². The number of nitrogens with one attached hydrogen (secondary N) is 1. The number of benzene rings is 1. The maximum Gasteiger partial charge on any atom is 0.129 e. The lowest BCUT2D eigenvalue weighted by Gasteiger charge is -2.06. The summed E-state index contributed by atoms with van der Waals surface area (Å²) >= 11 is 3.24. The number of methoxy groups -OCH3 is 1. The summed E-state index contributed by atoms with van der Waals surface area (Å²) < 4.78 is 5.50. The predicted molar refractivity (Wildman–Crippen MR) is 60.5 cm³/mol. The van der Waals surface area contributed by atoms with Crippen molar-refractivity contribution in [3.05, 3.63) is 28.2 Å². The molecular formula is C10H14BrNO3. The molecule has 1 aromatic carbocycles. The number of phenols is 1. The number of hydrogen-bond acceptors (Lipinski definition) is 4. The highest BCUT2D eigenvalue weighted by atomic mass is 79.9. The highest BCUT2D eigenvalue weighted by molar-refractivity contribution is 9.10. The second-order valence-electron chi connectivity index (χ2n) is 2.95. The smallest absolute Gasteiger partial charge is 0.129 e. The summed E-state index contributed by atoms with van der Waals surface area (Å²) in [5, 5.41) is 9.27. The minimum atomic E-state index is 0.235. The quantitative estimate of drug-likeness (QED) is 0.614. The zero-order valence-corrected chi connectivity index (χ0v) is 10.1. The van der Waals surface area contributed by atoms with Crippen molar-refractivity contribution in [2.24, 2.45) is 0 Å². The Labute approximate surface area is 97.3 Å². The molecule has 0 atom stereocenters. The third-order valence-electron chi connectivity index (χ3n) is 1.78. The second-order valence-corrected chi connectivity index (χ2v) is 3.80. The van der Waals surface area contributed by atoms with E-state index in [1.54, 1.807) is 13.2 Å². The first-order valence-electron chi connectivity index (χ1n) is 4.55. The Morgan fingerprint density at radius 2 is 2.20 bits per heavy atom. The molecule has 0 bridgehead atoms. The topological polar surface area (TPSA) is 50.7 Å². The third kappa shape index (κ3) is 4.61. The zero-order chi connectivity index (χ0) is 11.1. The van der Waals surface area contributed by atoms with Crippen molar-refractivity contribution in [2.75, 3.05) is 20.3 Å². The fraction of sp³-hybridized carbons (Fsp3) is 0.400. The highest BCUT2D eigenvalue weighted by Crippen LogP contribution is 2.23. The summed E-state index contributed by atoms with van der Waals surface area (Å²) in [5.41, 5.74) is 3.83. The van der Waals surface area contributed by atoms with Crippen LogP contribution in [-0.2, 0) is 16.1 Å². The molecule has 0 aliphatic rings. The van der Waals surface area contributed by atoms with E-state index in [0.717, 1.165) is 5.56 Å². The first kappa shape index (κ1) is 12.4. The van der Waals surface area contributed by atoms with E-state index in [2.05, 4.69) is 21.4 Å². The van der Waals surface area contributed by atoms with Gasteiger partial charge in [-0.2, -0.15) is 5.48 Å². The van der Waals surface area contributed by atoms with E-state index >= 15 is 0 Å². The van der Waals surface area contributed by atoms with Crippen LogP contribution in [0.25, 0.3) is 0 Å². The SMILES string of the molecule is COCCONCc1ccc(O)c(Br)c1. The number of ether oxygens (including phenoxy) is 1. The summed E-state index contributed by atoms with van der Waals surface area (Å²) in [6.45, 7) is 1.66. The molecule has 5 heteroatoms. The average Bonchev–Trinajstić information content (AvgIpc) is 2.23. The van der Waals surface area contributed by atoms with Gasteiger partial charge in [0, 0.05) is 13.7 Å². The number of aromatic hydroxyl groups is 1. The van der Waals surface area contributed by atoms with Crippen LogP contribution in [0, 0.1) is 0 Å². The molecule has 84 valence electrons. The van der Waals surface area contributed by atoms with Gasteiger partial charge in [-0.15, -0.1) is 0 Å². The molecule has 0 radical (unpaired) electrons. The van der Waals surface area contributed by atoms with Crippen molar-refractivity contribution < 1.29 is 14.7 Å². The lowest BCUT2D eigenvalue weighted by atomic mass is 10.2. The van der Waals surface area contributed by atoms with E-state index in [1.807, 2.05) is 12.1 Å². The van der Waals surface area contributed by atoms with Gasteiger partial charge in [0.25, 0.3) is 0 Å². The van der Waals surface area contributed by atoms with Gasteiger partial charge in [-0.25, -0.2) is 0 Å². The number of hydroxylamine groups is 1. The normalized spacial score (nSPS) is 10.5. The molecule has 0 fully saturated rings. The van der Waals surface area contributed by atoms with Gasteiger partial charge in [0.1, 0.15) is 5.75 Å². The zero-order valence-electron chi connectivity index (χ0n) is 8.50. The van der Waals surface area contributed by atoms with Crippen molar-refractivity contribution >= 4 is 15.9 Å². The Balaban J connectivity index is 2.28. The Morgan fingerprint density at radius 1 is 1.40 bits per heavy atom. The van der Waals surface area contributed by atoms with Gasteiger partial charge in [0.05, 0.1) is 17.7 Å². The minimum Gasteiger partial charge on any atom is -0.507 e. The van der Waals surface area contributed by atoms with Gasteiger partial charge in [0.15, 0.2) is 0 Å². The molecule has 1 aromatic rings. The van der Waals surface area contributed by atoms with Crippen LogP contribution in [0.3, 0.4) is 0 Å². The molecule has 0 heterocycles. The second kappa shape index (κ2) is 6.79. The fourth-order valence-corrected chi connectivity index (χ4v) is 1.42. The van der Waals surface area contributed by atoms with Crippen molar-refractivity contribution in [2.45, 2.75) is 6.54 Å². The maximum atomic E-state index is 9.27. The number of halogens is 1. The van der Waals surface area contributed by atoms with Crippen LogP contribution in [0.2, 0.25) is 0 Å². The summed E-state index contributed by atoms with van der Waals surface area (Å²) in [4.78, 5) is 5.10. The summed E-state index contributed by atoms with van der Waals surface area (Å²) in [7, 11) is 1.63. The first-order chi connectivity index (χ1) is 7.24. The third-order valence-corrected chi connectivity index (χ3v) is 2.42. The van der Waals surface area contributed by atoms with Gasteiger partial charge in [-0.05, 0) is 33.6 Å². The Hall–Kier alpha value is -0.620. The average molecular weight is 276 g/mol. The minimum absolute atomic E-state index is 0.235. The molecule has 0 aliphatic heterocycles. The van der Waals surface area contributed by atoms with Crippen LogP contribution in [0.1, 0.15) is 5.56 Å². The molecule has 0 aliphatic carbocycles. The molecule has 1 rings (SSSR count). The van der Waals surface area contributed by atoms with Crippen molar-refractivity contribution in [1.82, 2.24) is 5.48 Å². The van der Waals surface area contributed by atoms with E-state index in [9.17, 15) is 5.11 Å². The first-order valence-corrected chi connectivity index (χ1v) is 5.34. The van der Waals surface area contributed by atoms with Crippen molar-refractivity contribution in [1.29, 1.82) is 0 Å². The van der Waals surface area contributed by atoms with Crippen molar-refractivity contribution in [3.63, 3.8) is 0 Å². The van der Waals surface area contributed by atoms with E-state index in [-0.39, 0.29) is 5.75 Å². The monoisotopic (exact) mass is 275 g/mol. The lowest BCUT2D eigenvalue weighted by Crippen LogP contribution is -2.17. The molecule has 0 saturated heterocycles. The molecular weight excluding hydrogens is 262 g/mol. The molecule has 0 saturated carbocycles. The Morgan fingerprint density at radius 3 is 2.87 bits per heavy atom. The summed E-state index contributed by atoms with van der Waals surface area (Å²) in [5.74, 6) is 0.235.